The van der Waals surface area contributed by atoms with Crippen LogP contribution in [0.5, 0.6) is 5.75 Å². The average Bonchev–Trinajstić information content (AvgIpc) is 2.70. The van der Waals surface area contributed by atoms with Crippen LogP contribution in [0, 0.1) is 0 Å². The molecule has 0 spiro atoms. The van der Waals surface area contributed by atoms with Gasteiger partial charge in [-0.3, -0.25) is 4.79 Å². The molecule has 3 aromatic carbocycles. The first-order chi connectivity index (χ1) is 13.6. The first-order valence-corrected chi connectivity index (χ1v) is 9.50. The minimum atomic E-state index is 0.0199. The minimum Gasteiger partial charge on any atom is -0.497 e. The van der Waals surface area contributed by atoms with Gasteiger partial charge in [0.25, 0.3) is 5.91 Å². The lowest BCUT2D eigenvalue weighted by Crippen LogP contribution is -3.08. The lowest BCUT2D eigenvalue weighted by molar-refractivity contribution is -0.885. The van der Waals surface area contributed by atoms with Gasteiger partial charge >= 0.3 is 0 Å². The number of methoxy groups -OCH3 is 1. The van der Waals surface area contributed by atoms with Crippen LogP contribution in [0.2, 0.25) is 0 Å². The number of para-hydroxylation sites is 1. The van der Waals surface area contributed by atoms with Crippen LogP contribution in [0.15, 0.2) is 78.9 Å². The molecule has 144 valence electrons. The van der Waals surface area contributed by atoms with Gasteiger partial charge in [-0.05, 0) is 47.9 Å². The smallest absolute Gasteiger partial charge is 0.279 e. The highest BCUT2D eigenvalue weighted by molar-refractivity contribution is 5.92. The van der Waals surface area contributed by atoms with Crippen molar-refractivity contribution in [2.45, 2.75) is 13.0 Å². The van der Waals surface area contributed by atoms with Crippen LogP contribution in [0.1, 0.15) is 16.7 Å². The lowest BCUT2D eigenvalue weighted by atomic mass is 10.0. The lowest BCUT2D eigenvalue weighted by Gasteiger charge is -2.15. The molecular formula is C24H27N2O2+. The Kier molecular flexibility index (Phi) is 6.82. The van der Waals surface area contributed by atoms with Crippen LogP contribution < -0.4 is 15.0 Å². The molecular weight excluding hydrogens is 348 g/mol. The van der Waals surface area contributed by atoms with Gasteiger partial charge in [-0.1, -0.05) is 48.5 Å². The molecule has 4 heteroatoms. The fourth-order valence-corrected chi connectivity index (χ4v) is 3.24. The quantitative estimate of drug-likeness (QED) is 0.636. The van der Waals surface area contributed by atoms with Crippen molar-refractivity contribution < 1.29 is 14.4 Å². The Morgan fingerprint density at radius 1 is 0.893 bits per heavy atom. The predicted molar refractivity (Wildman–Crippen MR) is 113 cm³/mol. The van der Waals surface area contributed by atoms with Crippen molar-refractivity contribution in [2.75, 3.05) is 26.0 Å². The van der Waals surface area contributed by atoms with Gasteiger partial charge in [-0.25, -0.2) is 0 Å². The van der Waals surface area contributed by atoms with Crippen molar-refractivity contribution in [3.63, 3.8) is 0 Å². The molecule has 0 saturated heterocycles. The second kappa shape index (κ2) is 9.72. The van der Waals surface area contributed by atoms with Gasteiger partial charge in [-0.2, -0.15) is 0 Å². The monoisotopic (exact) mass is 375 g/mol. The standard InChI is InChI=1S/C24H26N2O2/c1-26(17-20-12-14-22(28-2)15-13-20)18-24(27)25-23-11-7-6-10-21(23)16-19-8-4-3-5-9-19/h3-15H,16-18H2,1-2H3,(H,25,27)/p+1. The van der Waals surface area contributed by atoms with Gasteiger partial charge in [0, 0.05) is 11.3 Å². The number of nitrogens with one attached hydrogen (secondary N) is 2. The number of hydrogen-bond donors (Lipinski definition) is 2. The number of rotatable bonds is 8. The highest BCUT2D eigenvalue weighted by atomic mass is 16.5. The second-order valence-electron chi connectivity index (χ2n) is 7.03. The van der Waals surface area contributed by atoms with Gasteiger partial charge in [0.15, 0.2) is 6.54 Å². The highest BCUT2D eigenvalue weighted by Gasteiger charge is 2.13. The summed E-state index contributed by atoms with van der Waals surface area (Å²) in [5, 5.41) is 3.09. The van der Waals surface area contributed by atoms with Gasteiger partial charge in [-0.15, -0.1) is 0 Å². The van der Waals surface area contributed by atoms with E-state index in [1.54, 1.807) is 7.11 Å². The van der Waals surface area contributed by atoms with Crippen molar-refractivity contribution in [1.82, 2.24) is 0 Å². The number of benzene rings is 3. The van der Waals surface area contributed by atoms with Crippen molar-refractivity contribution >= 4 is 11.6 Å². The number of quaternary nitrogens is 1. The molecule has 0 bridgehead atoms. The van der Waals surface area contributed by atoms with Crippen LogP contribution in [-0.4, -0.2) is 26.6 Å². The third kappa shape index (κ3) is 5.69. The minimum absolute atomic E-state index is 0.0199. The Hall–Kier alpha value is -3.11. The topological polar surface area (TPSA) is 42.8 Å². The van der Waals surface area contributed by atoms with E-state index in [0.29, 0.717) is 6.54 Å². The summed E-state index contributed by atoms with van der Waals surface area (Å²) < 4.78 is 5.19. The number of anilines is 1. The van der Waals surface area contributed by atoms with E-state index in [1.165, 1.54) is 11.1 Å². The van der Waals surface area contributed by atoms with Gasteiger partial charge < -0.3 is 15.0 Å². The van der Waals surface area contributed by atoms with Crippen molar-refractivity contribution in [2.24, 2.45) is 0 Å². The maximum Gasteiger partial charge on any atom is 0.279 e. The summed E-state index contributed by atoms with van der Waals surface area (Å²) in [6.07, 6.45) is 0.797. The fraction of sp³-hybridized carbons (Fsp3) is 0.208. The summed E-state index contributed by atoms with van der Waals surface area (Å²) in [4.78, 5) is 13.7. The molecule has 0 aliphatic carbocycles. The zero-order valence-corrected chi connectivity index (χ0v) is 16.4. The molecule has 3 rings (SSSR count). The molecule has 0 heterocycles. The third-order valence-electron chi connectivity index (χ3n) is 4.66. The zero-order valence-electron chi connectivity index (χ0n) is 16.4. The van der Waals surface area contributed by atoms with E-state index in [1.807, 2.05) is 67.7 Å². The molecule has 0 saturated carbocycles. The van der Waals surface area contributed by atoms with Crippen molar-refractivity contribution in [3.8, 4) is 5.75 Å². The Bertz CT molecular complexity index is 892. The Balaban J connectivity index is 1.58. The molecule has 0 radical (unpaired) electrons. The molecule has 3 aromatic rings. The first kappa shape index (κ1) is 19.6. The molecule has 0 aromatic heterocycles. The first-order valence-electron chi connectivity index (χ1n) is 9.50. The Morgan fingerprint density at radius 3 is 2.29 bits per heavy atom. The van der Waals surface area contributed by atoms with E-state index in [9.17, 15) is 4.79 Å². The van der Waals surface area contributed by atoms with E-state index in [4.69, 9.17) is 4.74 Å². The van der Waals surface area contributed by atoms with E-state index in [0.717, 1.165) is 34.9 Å². The zero-order chi connectivity index (χ0) is 19.8. The summed E-state index contributed by atoms with van der Waals surface area (Å²) in [7, 11) is 3.69. The van der Waals surface area contributed by atoms with E-state index in [-0.39, 0.29) is 5.91 Å². The summed E-state index contributed by atoms with van der Waals surface area (Å²) >= 11 is 0. The molecule has 0 aliphatic rings. The van der Waals surface area contributed by atoms with Gasteiger partial charge in [0.2, 0.25) is 0 Å². The Labute approximate surface area is 166 Å². The molecule has 1 unspecified atom stereocenters. The molecule has 28 heavy (non-hydrogen) atoms. The highest BCUT2D eigenvalue weighted by Crippen LogP contribution is 2.19. The maximum atomic E-state index is 12.6. The molecule has 2 N–H and O–H groups in total. The Morgan fingerprint density at radius 2 is 1.57 bits per heavy atom. The number of amides is 1. The van der Waals surface area contributed by atoms with Gasteiger partial charge in [0.1, 0.15) is 12.3 Å². The SMILES string of the molecule is COc1ccc(C[NH+](C)CC(=O)Nc2ccccc2Cc2ccccc2)cc1. The summed E-state index contributed by atoms with van der Waals surface area (Å²) in [5.41, 5.74) is 4.41. The molecule has 1 atom stereocenters. The number of hydrogen-bond acceptors (Lipinski definition) is 2. The van der Waals surface area contributed by atoms with E-state index < -0.39 is 0 Å². The van der Waals surface area contributed by atoms with Gasteiger partial charge in [0.05, 0.1) is 14.2 Å². The van der Waals surface area contributed by atoms with Crippen LogP contribution in [0.25, 0.3) is 0 Å². The van der Waals surface area contributed by atoms with Crippen LogP contribution in [0.4, 0.5) is 5.69 Å². The summed E-state index contributed by atoms with van der Waals surface area (Å²) in [6, 6.07) is 26.3. The number of likely N-dealkylation sites (N-methyl/N-ethyl adjacent to an activating group) is 1. The van der Waals surface area contributed by atoms with E-state index in [2.05, 4.69) is 23.5 Å². The summed E-state index contributed by atoms with van der Waals surface area (Å²) in [6.45, 7) is 1.19. The number of ether oxygens (including phenoxy) is 1. The fourth-order valence-electron chi connectivity index (χ4n) is 3.24. The number of carbonyl (C=O) groups is 1. The summed E-state index contributed by atoms with van der Waals surface area (Å²) in [5.74, 6) is 0.862. The molecule has 4 nitrogen and oxygen atoms in total. The maximum absolute atomic E-state index is 12.6. The van der Waals surface area contributed by atoms with Crippen LogP contribution in [0.3, 0.4) is 0 Å². The molecule has 0 aliphatic heterocycles. The molecule has 0 fully saturated rings. The van der Waals surface area contributed by atoms with Crippen LogP contribution in [-0.2, 0) is 17.8 Å². The van der Waals surface area contributed by atoms with Crippen molar-refractivity contribution in [3.05, 3.63) is 95.6 Å². The third-order valence-corrected chi connectivity index (χ3v) is 4.66. The number of carbonyl (C=O) groups excluding carboxylic acids is 1. The van der Waals surface area contributed by atoms with E-state index >= 15 is 0 Å². The largest absolute Gasteiger partial charge is 0.497 e. The normalized spacial score (nSPS) is 11.6. The second-order valence-corrected chi connectivity index (χ2v) is 7.03. The predicted octanol–water partition coefficient (Wildman–Crippen LogP) is 2.94. The van der Waals surface area contributed by atoms with Crippen LogP contribution >= 0.6 is 0 Å². The molecule has 1 amide bonds. The van der Waals surface area contributed by atoms with Crippen molar-refractivity contribution in [1.29, 1.82) is 0 Å². The average molecular weight is 375 g/mol.